The quantitative estimate of drug-likeness (QED) is 0.890. The number of amides is 1. The third-order valence-electron chi connectivity index (χ3n) is 4.58. The van der Waals surface area contributed by atoms with Crippen LogP contribution in [0.1, 0.15) is 46.5 Å². The molecular weight excluding hydrogens is 262 g/mol. The first kappa shape index (κ1) is 15.9. The summed E-state index contributed by atoms with van der Waals surface area (Å²) in [7, 11) is 1.63. The fraction of sp³-hybridized carbons (Fsp3) is 0.611. The van der Waals surface area contributed by atoms with Crippen LogP contribution >= 0.6 is 0 Å². The number of hydrogen-bond donors (Lipinski definition) is 1. The molecule has 116 valence electrons. The van der Waals surface area contributed by atoms with Crippen molar-refractivity contribution in [3.63, 3.8) is 0 Å². The normalized spacial score (nSPS) is 22.7. The van der Waals surface area contributed by atoms with Crippen molar-refractivity contribution in [1.82, 2.24) is 0 Å². The Morgan fingerprint density at radius 1 is 1.19 bits per heavy atom. The molecule has 1 amide bonds. The van der Waals surface area contributed by atoms with Crippen molar-refractivity contribution in [1.29, 1.82) is 0 Å². The molecule has 0 bridgehead atoms. The van der Waals surface area contributed by atoms with Crippen LogP contribution in [0.3, 0.4) is 0 Å². The highest BCUT2D eigenvalue weighted by Crippen LogP contribution is 2.42. The number of ether oxygens (including phenoxy) is 1. The Kier molecular flexibility index (Phi) is 4.92. The molecule has 0 spiro atoms. The first-order valence-electron chi connectivity index (χ1n) is 7.87. The van der Waals surface area contributed by atoms with Crippen LogP contribution in [0.4, 0.5) is 5.69 Å². The van der Waals surface area contributed by atoms with Gasteiger partial charge in [0.05, 0.1) is 12.8 Å². The molecule has 1 aliphatic rings. The standard InChI is InChI=1S/C18H27NO2/c1-18(2,3)14-10-6-5-9-13(14)17(20)19-15-11-7-8-12-16(15)21-4/h7-8,11-14H,5-6,9-10H2,1-4H3,(H,19,20). The molecule has 2 unspecified atom stereocenters. The van der Waals surface area contributed by atoms with Crippen LogP contribution in [-0.2, 0) is 4.79 Å². The number of benzene rings is 1. The molecular formula is C18H27NO2. The van der Waals surface area contributed by atoms with Gasteiger partial charge in [0, 0.05) is 5.92 Å². The first-order chi connectivity index (χ1) is 9.93. The van der Waals surface area contributed by atoms with E-state index in [0.717, 1.165) is 24.9 Å². The number of methoxy groups -OCH3 is 1. The predicted octanol–water partition coefficient (Wildman–Crippen LogP) is 4.49. The first-order valence-corrected chi connectivity index (χ1v) is 7.87. The number of hydrogen-bond acceptors (Lipinski definition) is 2. The van der Waals surface area contributed by atoms with Crippen molar-refractivity contribution in [2.24, 2.45) is 17.3 Å². The van der Waals surface area contributed by atoms with Gasteiger partial charge in [-0.1, -0.05) is 45.7 Å². The lowest BCUT2D eigenvalue weighted by molar-refractivity contribution is -0.124. The van der Waals surface area contributed by atoms with Gasteiger partial charge < -0.3 is 10.1 Å². The lowest BCUT2D eigenvalue weighted by Gasteiger charge is -2.39. The average Bonchev–Trinajstić information content (AvgIpc) is 2.47. The van der Waals surface area contributed by atoms with Crippen molar-refractivity contribution in [3.05, 3.63) is 24.3 Å². The van der Waals surface area contributed by atoms with Gasteiger partial charge in [0.15, 0.2) is 0 Å². The molecule has 0 aliphatic heterocycles. The zero-order valence-electron chi connectivity index (χ0n) is 13.6. The van der Waals surface area contributed by atoms with E-state index in [4.69, 9.17) is 4.74 Å². The molecule has 0 heterocycles. The second-order valence-corrected chi connectivity index (χ2v) is 7.05. The summed E-state index contributed by atoms with van der Waals surface area (Å²) in [5.74, 6) is 1.40. The molecule has 21 heavy (non-hydrogen) atoms. The maximum atomic E-state index is 12.7. The van der Waals surface area contributed by atoms with Crippen molar-refractivity contribution in [3.8, 4) is 5.75 Å². The third kappa shape index (κ3) is 3.78. The molecule has 0 saturated heterocycles. The van der Waals surface area contributed by atoms with E-state index in [2.05, 4.69) is 26.1 Å². The third-order valence-corrected chi connectivity index (χ3v) is 4.58. The summed E-state index contributed by atoms with van der Waals surface area (Å²) < 4.78 is 5.31. The summed E-state index contributed by atoms with van der Waals surface area (Å²) in [6, 6.07) is 7.59. The topological polar surface area (TPSA) is 38.3 Å². The van der Waals surface area contributed by atoms with Crippen LogP contribution in [0.15, 0.2) is 24.3 Å². The minimum atomic E-state index is 0.101. The summed E-state index contributed by atoms with van der Waals surface area (Å²) in [5.41, 5.74) is 0.937. The van der Waals surface area contributed by atoms with Crippen molar-refractivity contribution in [2.75, 3.05) is 12.4 Å². The molecule has 0 aromatic heterocycles. The van der Waals surface area contributed by atoms with E-state index >= 15 is 0 Å². The molecule has 2 rings (SSSR count). The molecule has 1 N–H and O–H groups in total. The molecule has 2 atom stereocenters. The second kappa shape index (κ2) is 6.50. The number of rotatable bonds is 3. The van der Waals surface area contributed by atoms with Gasteiger partial charge in [-0.2, -0.15) is 0 Å². The molecule has 0 radical (unpaired) electrons. The maximum Gasteiger partial charge on any atom is 0.227 e. The Morgan fingerprint density at radius 3 is 2.52 bits per heavy atom. The SMILES string of the molecule is COc1ccccc1NC(=O)C1CCCCC1C(C)(C)C. The molecule has 1 aliphatic carbocycles. The molecule has 1 fully saturated rings. The maximum absolute atomic E-state index is 12.7. The molecule has 1 saturated carbocycles. The van der Waals surface area contributed by atoms with Gasteiger partial charge >= 0.3 is 0 Å². The highest BCUT2D eigenvalue weighted by molar-refractivity contribution is 5.94. The smallest absolute Gasteiger partial charge is 0.227 e. The van der Waals surface area contributed by atoms with E-state index in [1.165, 1.54) is 6.42 Å². The monoisotopic (exact) mass is 289 g/mol. The minimum absolute atomic E-state index is 0.101. The highest BCUT2D eigenvalue weighted by atomic mass is 16.5. The van der Waals surface area contributed by atoms with Crippen LogP contribution in [0, 0.1) is 17.3 Å². The lowest BCUT2D eigenvalue weighted by Crippen LogP contribution is -2.38. The summed E-state index contributed by atoms with van der Waals surface area (Å²) in [6.45, 7) is 6.73. The van der Waals surface area contributed by atoms with Gasteiger partial charge in [-0.05, 0) is 36.3 Å². The van der Waals surface area contributed by atoms with Crippen LogP contribution in [0.5, 0.6) is 5.75 Å². The van der Waals surface area contributed by atoms with Crippen molar-refractivity contribution in [2.45, 2.75) is 46.5 Å². The van der Waals surface area contributed by atoms with Crippen molar-refractivity contribution < 1.29 is 9.53 Å². The fourth-order valence-corrected chi connectivity index (χ4v) is 3.45. The summed E-state index contributed by atoms with van der Waals surface area (Å²) >= 11 is 0. The lowest BCUT2D eigenvalue weighted by atomic mass is 9.66. The number of carbonyl (C=O) groups excluding carboxylic acids is 1. The minimum Gasteiger partial charge on any atom is -0.495 e. The molecule has 3 nitrogen and oxygen atoms in total. The highest BCUT2D eigenvalue weighted by Gasteiger charge is 2.38. The van der Waals surface area contributed by atoms with Crippen LogP contribution in [0.25, 0.3) is 0 Å². The van der Waals surface area contributed by atoms with Gasteiger partial charge in [-0.25, -0.2) is 0 Å². The van der Waals surface area contributed by atoms with E-state index in [1.54, 1.807) is 7.11 Å². The zero-order chi connectivity index (χ0) is 15.5. The van der Waals surface area contributed by atoms with Gasteiger partial charge in [0.2, 0.25) is 5.91 Å². The fourth-order valence-electron chi connectivity index (χ4n) is 3.45. The number of para-hydroxylation sites is 2. The van der Waals surface area contributed by atoms with E-state index in [1.807, 2.05) is 24.3 Å². The molecule has 1 aromatic rings. The van der Waals surface area contributed by atoms with Gasteiger partial charge in [-0.15, -0.1) is 0 Å². The van der Waals surface area contributed by atoms with E-state index in [0.29, 0.717) is 11.7 Å². The Balaban J connectivity index is 2.14. The Hall–Kier alpha value is -1.51. The Bertz CT molecular complexity index is 490. The summed E-state index contributed by atoms with van der Waals surface area (Å²) in [6.07, 6.45) is 4.52. The zero-order valence-corrected chi connectivity index (χ0v) is 13.6. The Labute approximate surface area is 128 Å². The predicted molar refractivity (Wildman–Crippen MR) is 86.5 cm³/mol. The number of anilines is 1. The van der Waals surface area contributed by atoms with Gasteiger partial charge in [0.1, 0.15) is 5.75 Å². The summed E-state index contributed by atoms with van der Waals surface area (Å²) in [5, 5.41) is 3.07. The largest absolute Gasteiger partial charge is 0.495 e. The number of carbonyl (C=O) groups is 1. The van der Waals surface area contributed by atoms with E-state index < -0.39 is 0 Å². The second-order valence-electron chi connectivity index (χ2n) is 7.05. The molecule has 3 heteroatoms. The Morgan fingerprint density at radius 2 is 1.86 bits per heavy atom. The van der Waals surface area contributed by atoms with Gasteiger partial charge in [-0.3, -0.25) is 4.79 Å². The van der Waals surface area contributed by atoms with E-state index in [9.17, 15) is 4.79 Å². The van der Waals surface area contributed by atoms with Crippen LogP contribution < -0.4 is 10.1 Å². The summed E-state index contributed by atoms with van der Waals surface area (Å²) in [4.78, 5) is 12.7. The average molecular weight is 289 g/mol. The van der Waals surface area contributed by atoms with E-state index in [-0.39, 0.29) is 17.2 Å². The van der Waals surface area contributed by atoms with Crippen LogP contribution in [0.2, 0.25) is 0 Å². The number of nitrogens with one attached hydrogen (secondary N) is 1. The molecule has 1 aromatic carbocycles. The van der Waals surface area contributed by atoms with Crippen LogP contribution in [-0.4, -0.2) is 13.0 Å². The van der Waals surface area contributed by atoms with Crippen molar-refractivity contribution >= 4 is 11.6 Å². The van der Waals surface area contributed by atoms with Gasteiger partial charge in [0.25, 0.3) is 0 Å².